The third kappa shape index (κ3) is 5.63. The van der Waals surface area contributed by atoms with E-state index in [1.54, 1.807) is 0 Å². The van der Waals surface area contributed by atoms with Gasteiger partial charge in [-0.3, -0.25) is 0 Å². The Kier molecular flexibility index (Phi) is 8.45. The summed E-state index contributed by atoms with van der Waals surface area (Å²) < 4.78 is 18.6. The topological polar surface area (TPSA) is 25.2 Å². The van der Waals surface area contributed by atoms with E-state index in [1.807, 2.05) is 30.3 Å². The second-order valence-electron chi connectivity index (χ2n) is 16.0. The summed E-state index contributed by atoms with van der Waals surface area (Å²) in [5.41, 5.74) is 13.2. The van der Waals surface area contributed by atoms with Gasteiger partial charge in [0.05, 0.1) is 11.0 Å². The highest BCUT2D eigenvalue weighted by atomic mass is 31.2. The number of rotatable bonds is 7. The third-order valence-corrected chi connectivity index (χ3v) is 15.8. The summed E-state index contributed by atoms with van der Waals surface area (Å²) in [5, 5.41) is 7.13. The Morgan fingerprint density at radius 2 is 0.887 bits per heavy atom. The van der Waals surface area contributed by atoms with Gasteiger partial charge in [-0.15, -0.1) is 0 Å². The van der Waals surface area contributed by atoms with Gasteiger partial charge in [0.15, 0.2) is 7.14 Å². The van der Waals surface area contributed by atoms with Crippen LogP contribution in [0, 0.1) is 0 Å². The van der Waals surface area contributed by atoms with Crippen LogP contribution in [0.2, 0.25) is 0 Å². The van der Waals surface area contributed by atoms with Gasteiger partial charge < -0.3 is 14.0 Å². The Morgan fingerprint density at radius 1 is 0.387 bits per heavy atom. The fourth-order valence-corrected chi connectivity index (χ4v) is 13.0. The molecule has 0 amide bonds. The molecule has 0 saturated heterocycles. The summed E-state index contributed by atoms with van der Waals surface area (Å²) in [6.45, 7) is 0. The van der Waals surface area contributed by atoms with Gasteiger partial charge >= 0.3 is 0 Å². The second-order valence-corrected chi connectivity index (χ2v) is 18.7. The second kappa shape index (κ2) is 14.5. The first-order valence-electron chi connectivity index (χ1n) is 21.1. The molecule has 1 atom stereocenters. The van der Waals surface area contributed by atoms with Crippen molar-refractivity contribution in [3.63, 3.8) is 0 Å². The molecular formula is C58H39N2OP. The van der Waals surface area contributed by atoms with Crippen LogP contribution in [0.25, 0.3) is 71.6 Å². The van der Waals surface area contributed by atoms with Crippen LogP contribution in [-0.4, -0.2) is 4.57 Å². The van der Waals surface area contributed by atoms with Gasteiger partial charge in [0.25, 0.3) is 0 Å². The average molecular weight is 811 g/mol. The van der Waals surface area contributed by atoms with E-state index in [9.17, 15) is 0 Å². The standard InChI is InChI=1S/C58H39N2OP/c61-62(49-19-8-3-9-20-49)55-39-28-44-18-10-11-21-50(44)56(55)52-37-38-54-57(58(52)62)51-22-12-13-23-53(51)60(54)48-35-33-47(34-36-48)59(45-29-24-42(25-30-45)40-14-4-1-5-15-40)46-31-26-43(27-32-46)41-16-6-2-7-17-41/h1-39H. The molecule has 4 heteroatoms. The van der Waals surface area contributed by atoms with E-state index in [0.29, 0.717) is 0 Å². The molecule has 292 valence electrons. The lowest BCUT2D eigenvalue weighted by Gasteiger charge is -2.26. The van der Waals surface area contributed by atoms with Gasteiger partial charge in [-0.2, -0.15) is 0 Å². The number of hydrogen-bond donors (Lipinski definition) is 0. The van der Waals surface area contributed by atoms with Crippen molar-refractivity contribution in [1.29, 1.82) is 0 Å². The molecule has 1 aliphatic heterocycles. The molecule has 0 bridgehead atoms. The molecule has 0 radical (unpaired) electrons. The predicted molar refractivity (Wildman–Crippen MR) is 262 cm³/mol. The Balaban J connectivity index is 1.02. The fourth-order valence-electron chi connectivity index (χ4n) is 9.75. The van der Waals surface area contributed by atoms with Crippen molar-refractivity contribution >= 4 is 72.7 Å². The van der Waals surface area contributed by atoms with E-state index in [4.69, 9.17) is 0 Å². The monoisotopic (exact) mass is 810 g/mol. The lowest BCUT2D eigenvalue weighted by molar-refractivity contribution is 0.593. The highest BCUT2D eigenvalue weighted by Crippen LogP contribution is 2.56. The van der Waals surface area contributed by atoms with Crippen molar-refractivity contribution in [3.8, 4) is 39.1 Å². The number of anilines is 3. The van der Waals surface area contributed by atoms with E-state index in [0.717, 1.165) is 82.4 Å². The number of aromatic nitrogens is 1. The summed E-state index contributed by atoms with van der Waals surface area (Å²) >= 11 is 0. The van der Waals surface area contributed by atoms with Gasteiger partial charge in [0.2, 0.25) is 0 Å². The molecule has 0 N–H and O–H groups in total. The number of fused-ring (bicyclic) bond motifs is 9. The van der Waals surface area contributed by atoms with Crippen LogP contribution in [0.3, 0.4) is 0 Å². The summed E-state index contributed by atoms with van der Waals surface area (Å²) in [4.78, 5) is 2.32. The van der Waals surface area contributed by atoms with Crippen LogP contribution in [0.5, 0.6) is 0 Å². The summed E-state index contributed by atoms with van der Waals surface area (Å²) in [6.07, 6.45) is 0. The Labute approximate surface area is 360 Å². The van der Waals surface area contributed by atoms with Gasteiger partial charge in [0, 0.05) is 55.0 Å². The van der Waals surface area contributed by atoms with Crippen molar-refractivity contribution in [2.24, 2.45) is 0 Å². The van der Waals surface area contributed by atoms with E-state index >= 15 is 4.57 Å². The maximum Gasteiger partial charge on any atom is 0.172 e. The lowest BCUT2D eigenvalue weighted by Crippen LogP contribution is -2.21. The first-order valence-corrected chi connectivity index (χ1v) is 22.8. The molecule has 10 aromatic carbocycles. The first kappa shape index (κ1) is 36.2. The first-order chi connectivity index (χ1) is 30.6. The molecule has 12 rings (SSSR count). The Hall–Kier alpha value is -7.71. The molecule has 62 heavy (non-hydrogen) atoms. The largest absolute Gasteiger partial charge is 0.311 e. The van der Waals surface area contributed by atoms with Crippen molar-refractivity contribution < 1.29 is 4.57 Å². The van der Waals surface area contributed by atoms with Gasteiger partial charge in [-0.25, -0.2) is 0 Å². The molecule has 2 heterocycles. The van der Waals surface area contributed by atoms with E-state index < -0.39 is 7.14 Å². The average Bonchev–Trinajstić information content (AvgIpc) is 3.83. The third-order valence-electron chi connectivity index (χ3n) is 12.6. The minimum absolute atomic E-state index is 0.859. The quantitative estimate of drug-likeness (QED) is 0.150. The van der Waals surface area contributed by atoms with E-state index in [2.05, 4.69) is 216 Å². The van der Waals surface area contributed by atoms with Gasteiger partial charge in [-0.1, -0.05) is 170 Å². The van der Waals surface area contributed by atoms with Crippen molar-refractivity contribution in [2.75, 3.05) is 4.90 Å². The summed E-state index contributed by atoms with van der Waals surface area (Å²) in [6, 6.07) is 83.5. The molecule has 0 fully saturated rings. The van der Waals surface area contributed by atoms with E-state index in [-0.39, 0.29) is 0 Å². The van der Waals surface area contributed by atoms with Crippen molar-refractivity contribution in [3.05, 3.63) is 237 Å². The molecule has 3 nitrogen and oxygen atoms in total. The van der Waals surface area contributed by atoms with E-state index in [1.165, 1.54) is 22.3 Å². The SMILES string of the molecule is O=P1(c2ccccc2)c2ccc3ccccc3c2-c2ccc3c(c21)c1ccccc1n3-c1ccc(N(c2ccc(-c3ccccc3)cc2)c2ccc(-c3ccccc3)cc2)cc1. The summed E-state index contributed by atoms with van der Waals surface area (Å²) in [5.74, 6) is 0. The maximum atomic E-state index is 16.3. The fraction of sp³-hybridized carbons (Fsp3) is 0. The molecule has 1 aromatic heterocycles. The van der Waals surface area contributed by atoms with Crippen LogP contribution >= 0.6 is 7.14 Å². The van der Waals surface area contributed by atoms with Crippen molar-refractivity contribution in [1.82, 2.24) is 4.57 Å². The highest BCUT2D eigenvalue weighted by molar-refractivity contribution is 7.87. The Bertz CT molecular complexity index is 3420. The van der Waals surface area contributed by atoms with Crippen molar-refractivity contribution in [2.45, 2.75) is 0 Å². The van der Waals surface area contributed by atoms with Crippen LogP contribution in [0.1, 0.15) is 0 Å². The molecule has 1 unspecified atom stereocenters. The zero-order valence-corrected chi connectivity index (χ0v) is 34.7. The minimum atomic E-state index is -3.29. The number of hydrogen-bond acceptors (Lipinski definition) is 2. The Morgan fingerprint density at radius 3 is 1.50 bits per heavy atom. The summed E-state index contributed by atoms with van der Waals surface area (Å²) in [7, 11) is -3.29. The molecule has 0 aliphatic carbocycles. The van der Waals surface area contributed by atoms with Crippen LogP contribution < -0.4 is 20.8 Å². The zero-order valence-electron chi connectivity index (χ0n) is 33.8. The van der Waals surface area contributed by atoms with Gasteiger partial charge in [0.1, 0.15) is 0 Å². The van der Waals surface area contributed by atoms with Crippen LogP contribution in [0.4, 0.5) is 17.1 Å². The highest BCUT2D eigenvalue weighted by Gasteiger charge is 2.43. The number of benzene rings is 10. The minimum Gasteiger partial charge on any atom is -0.311 e. The smallest absolute Gasteiger partial charge is 0.172 e. The molecule has 1 aliphatic rings. The molecule has 11 aromatic rings. The predicted octanol–water partition coefficient (Wildman–Crippen LogP) is 14.4. The molecular weight excluding hydrogens is 772 g/mol. The van der Waals surface area contributed by atoms with Crippen LogP contribution in [0.15, 0.2) is 237 Å². The molecule has 0 saturated carbocycles. The van der Waals surface area contributed by atoms with Gasteiger partial charge in [-0.05, 0) is 105 Å². The zero-order chi connectivity index (χ0) is 41.2. The number of nitrogens with zero attached hydrogens (tertiary/aromatic N) is 2. The lowest BCUT2D eigenvalue weighted by atomic mass is 9.97. The number of para-hydroxylation sites is 1. The normalized spacial score (nSPS) is 14.3. The maximum absolute atomic E-state index is 16.3. The molecule has 0 spiro atoms. The van der Waals surface area contributed by atoms with Crippen LogP contribution in [-0.2, 0) is 4.57 Å².